The Bertz CT molecular complexity index is 489. The minimum Gasteiger partial charge on any atom is -0.369 e. The maximum Gasteiger partial charge on any atom is 0.435 e. The van der Waals surface area contributed by atoms with Crippen molar-refractivity contribution in [1.82, 2.24) is 10.2 Å². The molecule has 2 unspecified atom stereocenters. The number of hydrogen-bond donors (Lipinski definition) is 2. The van der Waals surface area contributed by atoms with E-state index < -0.39 is 17.8 Å². The molecule has 0 aromatic carbocycles. The summed E-state index contributed by atoms with van der Waals surface area (Å²) in [5, 5.41) is 9.67. The van der Waals surface area contributed by atoms with E-state index in [2.05, 4.69) is 15.5 Å². The number of anilines is 1. The Morgan fingerprint density at radius 1 is 1.19 bits per heavy atom. The van der Waals surface area contributed by atoms with Gasteiger partial charge in [-0.3, -0.25) is 4.79 Å². The zero-order chi connectivity index (χ0) is 15.5. The van der Waals surface area contributed by atoms with Crippen LogP contribution in [0.15, 0.2) is 12.1 Å². The van der Waals surface area contributed by atoms with Gasteiger partial charge in [0.05, 0.1) is 5.92 Å². The molecular weight excluding hydrogens is 285 g/mol. The summed E-state index contributed by atoms with van der Waals surface area (Å²) in [7, 11) is 0. The summed E-state index contributed by atoms with van der Waals surface area (Å²) in [6.45, 7) is 0. The highest BCUT2D eigenvalue weighted by molar-refractivity contribution is 5.78. The average molecular weight is 302 g/mol. The molecule has 3 N–H and O–H groups in total. The average Bonchev–Trinajstić information content (AvgIpc) is 2.64. The molecule has 0 aliphatic heterocycles. The number of nitrogens with two attached hydrogens (primary N) is 1. The zero-order valence-corrected chi connectivity index (χ0v) is 11.4. The smallest absolute Gasteiger partial charge is 0.369 e. The molecule has 1 aliphatic rings. The van der Waals surface area contributed by atoms with Crippen LogP contribution in [0.3, 0.4) is 0 Å². The number of carbonyl (C=O) groups is 1. The van der Waals surface area contributed by atoms with E-state index in [0.717, 1.165) is 31.7 Å². The standard InChI is InChI=1S/C13H17F3N4O/c14-13(15,16)10-6-7-11(20-19-10)18-9-5-3-1-2-4-8(9)12(17)21/h6-9H,1-5H2,(H2,17,21)(H,18,20). The van der Waals surface area contributed by atoms with Gasteiger partial charge in [-0.25, -0.2) is 0 Å². The van der Waals surface area contributed by atoms with Crippen LogP contribution >= 0.6 is 0 Å². The number of primary amides is 1. The van der Waals surface area contributed by atoms with E-state index in [4.69, 9.17) is 5.73 Å². The summed E-state index contributed by atoms with van der Waals surface area (Å²) >= 11 is 0. The molecule has 0 spiro atoms. The molecule has 1 amide bonds. The van der Waals surface area contributed by atoms with Gasteiger partial charge in [0.2, 0.25) is 5.91 Å². The number of nitrogens with one attached hydrogen (secondary N) is 1. The molecule has 21 heavy (non-hydrogen) atoms. The molecule has 1 aromatic rings. The third kappa shape index (κ3) is 4.05. The Labute approximate surface area is 120 Å². The summed E-state index contributed by atoms with van der Waals surface area (Å²) in [4.78, 5) is 11.5. The first kappa shape index (κ1) is 15.5. The predicted molar refractivity (Wildman–Crippen MR) is 70.2 cm³/mol. The highest BCUT2D eigenvalue weighted by Crippen LogP contribution is 2.28. The monoisotopic (exact) mass is 302 g/mol. The van der Waals surface area contributed by atoms with Gasteiger partial charge in [0, 0.05) is 6.04 Å². The summed E-state index contributed by atoms with van der Waals surface area (Å²) in [5.41, 5.74) is 4.36. The van der Waals surface area contributed by atoms with Crippen molar-refractivity contribution in [3.8, 4) is 0 Å². The summed E-state index contributed by atoms with van der Waals surface area (Å²) in [5.74, 6) is -0.507. The van der Waals surface area contributed by atoms with E-state index in [1.165, 1.54) is 6.07 Å². The Morgan fingerprint density at radius 2 is 1.90 bits per heavy atom. The number of alkyl halides is 3. The van der Waals surface area contributed by atoms with E-state index in [0.29, 0.717) is 6.42 Å². The van der Waals surface area contributed by atoms with Crippen molar-refractivity contribution < 1.29 is 18.0 Å². The van der Waals surface area contributed by atoms with Crippen LogP contribution in [0, 0.1) is 5.92 Å². The molecule has 2 atom stereocenters. The molecule has 1 aromatic heterocycles. The van der Waals surface area contributed by atoms with Crippen molar-refractivity contribution in [3.05, 3.63) is 17.8 Å². The van der Waals surface area contributed by atoms with Crippen LogP contribution in [0.4, 0.5) is 19.0 Å². The zero-order valence-electron chi connectivity index (χ0n) is 11.4. The largest absolute Gasteiger partial charge is 0.435 e. The van der Waals surface area contributed by atoms with Crippen LogP contribution in [0.2, 0.25) is 0 Å². The molecule has 8 heteroatoms. The molecule has 5 nitrogen and oxygen atoms in total. The normalized spacial score (nSPS) is 23.4. The first-order chi connectivity index (χ1) is 9.88. The lowest BCUT2D eigenvalue weighted by molar-refractivity contribution is -0.141. The molecule has 1 aliphatic carbocycles. The Morgan fingerprint density at radius 3 is 2.48 bits per heavy atom. The second-order valence-corrected chi connectivity index (χ2v) is 5.20. The van der Waals surface area contributed by atoms with E-state index in [-0.39, 0.29) is 17.8 Å². The van der Waals surface area contributed by atoms with Crippen molar-refractivity contribution in [2.45, 2.75) is 44.3 Å². The quantitative estimate of drug-likeness (QED) is 0.840. The topological polar surface area (TPSA) is 80.9 Å². The van der Waals surface area contributed by atoms with Crippen molar-refractivity contribution in [3.63, 3.8) is 0 Å². The summed E-state index contributed by atoms with van der Waals surface area (Å²) in [6, 6.07) is 1.88. The van der Waals surface area contributed by atoms with Crippen molar-refractivity contribution in [1.29, 1.82) is 0 Å². The summed E-state index contributed by atoms with van der Waals surface area (Å²) < 4.78 is 37.2. The maximum absolute atomic E-state index is 12.4. The second-order valence-electron chi connectivity index (χ2n) is 5.20. The third-order valence-electron chi connectivity index (χ3n) is 3.67. The predicted octanol–water partition coefficient (Wildman–Crippen LogP) is 2.34. The molecule has 1 heterocycles. The first-order valence-electron chi connectivity index (χ1n) is 6.84. The van der Waals surface area contributed by atoms with Gasteiger partial charge in [0.1, 0.15) is 5.82 Å². The lowest BCUT2D eigenvalue weighted by Gasteiger charge is -2.23. The van der Waals surface area contributed by atoms with Crippen LogP contribution in [-0.2, 0) is 11.0 Å². The Balaban J connectivity index is 2.09. The third-order valence-corrected chi connectivity index (χ3v) is 3.67. The van der Waals surface area contributed by atoms with Crippen molar-refractivity contribution >= 4 is 11.7 Å². The SMILES string of the molecule is NC(=O)C1CCCCCC1Nc1ccc(C(F)(F)F)nn1. The summed E-state index contributed by atoms with van der Waals surface area (Å²) in [6.07, 6.45) is -0.221. The molecule has 0 saturated heterocycles. The second kappa shape index (κ2) is 6.28. The van der Waals surface area contributed by atoms with Crippen LogP contribution < -0.4 is 11.1 Å². The fourth-order valence-electron chi connectivity index (χ4n) is 2.57. The van der Waals surface area contributed by atoms with Crippen molar-refractivity contribution in [2.24, 2.45) is 11.7 Å². The van der Waals surface area contributed by atoms with Crippen LogP contribution in [-0.4, -0.2) is 22.1 Å². The first-order valence-corrected chi connectivity index (χ1v) is 6.84. The van der Waals surface area contributed by atoms with Gasteiger partial charge >= 0.3 is 6.18 Å². The minimum absolute atomic E-state index is 0.212. The number of aromatic nitrogens is 2. The highest BCUT2D eigenvalue weighted by Gasteiger charge is 2.33. The van der Waals surface area contributed by atoms with Gasteiger partial charge in [-0.15, -0.1) is 10.2 Å². The molecule has 1 fully saturated rings. The van der Waals surface area contributed by atoms with E-state index in [9.17, 15) is 18.0 Å². The molecule has 0 bridgehead atoms. The fourth-order valence-corrected chi connectivity index (χ4v) is 2.57. The highest BCUT2D eigenvalue weighted by atomic mass is 19.4. The number of rotatable bonds is 3. The lowest BCUT2D eigenvalue weighted by atomic mass is 9.94. The van der Waals surface area contributed by atoms with Gasteiger partial charge in [-0.05, 0) is 25.0 Å². The molecular formula is C13H17F3N4O. The number of carbonyl (C=O) groups excluding carboxylic acids is 1. The van der Waals surface area contributed by atoms with Gasteiger partial charge in [0.15, 0.2) is 5.69 Å². The van der Waals surface area contributed by atoms with Crippen LogP contribution in [0.25, 0.3) is 0 Å². The number of nitrogens with zero attached hydrogens (tertiary/aromatic N) is 2. The van der Waals surface area contributed by atoms with E-state index in [1.807, 2.05) is 0 Å². The van der Waals surface area contributed by atoms with Gasteiger partial charge in [-0.1, -0.05) is 19.3 Å². The lowest BCUT2D eigenvalue weighted by Crippen LogP contribution is -2.37. The van der Waals surface area contributed by atoms with Gasteiger partial charge in [-0.2, -0.15) is 13.2 Å². The minimum atomic E-state index is -4.51. The molecule has 0 radical (unpaired) electrons. The number of hydrogen-bond acceptors (Lipinski definition) is 4. The van der Waals surface area contributed by atoms with E-state index in [1.54, 1.807) is 0 Å². The number of amides is 1. The number of halogens is 3. The fraction of sp³-hybridized carbons (Fsp3) is 0.615. The van der Waals surface area contributed by atoms with Gasteiger partial charge in [0.25, 0.3) is 0 Å². The molecule has 2 rings (SSSR count). The molecule has 1 saturated carbocycles. The Hall–Kier alpha value is -1.86. The van der Waals surface area contributed by atoms with Crippen LogP contribution in [0.5, 0.6) is 0 Å². The van der Waals surface area contributed by atoms with E-state index >= 15 is 0 Å². The maximum atomic E-state index is 12.4. The Kier molecular flexibility index (Phi) is 4.64. The van der Waals surface area contributed by atoms with Gasteiger partial charge < -0.3 is 11.1 Å². The van der Waals surface area contributed by atoms with Crippen molar-refractivity contribution in [2.75, 3.05) is 5.32 Å². The molecule has 116 valence electrons. The van der Waals surface area contributed by atoms with Crippen LogP contribution in [0.1, 0.15) is 37.8 Å².